The second-order valence-electron chi connectivity index (χ2n) is 4.52. The van der Waals surface area contributed by atoms with Gasteiger partial charge >= 0.3 is 0 Å². The number of aromatic nitrogens is 1. The van der Waals surface area contributed by atoms with Crippen molar-refractivity contribution in [3.63, 3.8) is 0 Å². The summed E-state index contributed by atoms with van der Waals surface area (Å²) in [5, 5.41) is 4.76. The summed E-state index contributed by atoms with van der Waals surface area (Å²) in [7, 11) is 0. The van der Waals surface area contributed by atoms with Gasteiger partial charge in [0.25, 0.3) is 0 Å². The largest absolute Gasteiger partial charge is 0.384 e. The van der Waals surface area contributed by atoms with Crippen molar-refractivity contribution < 1.29 is 0 Å². The molecule has 18 heavy (non-hydrogen) atoms. The lowest BCUT2D eigenvalue weighted by Gasteiger charge is -2.17. The first-order valence-electron chi connectivity index (χ1n) is 6.42. The first-order chi connectivity index (χ1) is 8.60. The molecule has 0 amide bonds. The van der Waals surface area contributed by atoms with Crippen molar-refractivity contribution in [2.24, 2.45) is 0 Å². The number of rotatable bonds is 3. The van der Waals surface area contributed by atoms with Crippen LogP contribution in [0.15, 0.2) is 16.6 Å². The highest BCUT2D eigenvalue weighted by molar-refractivity contribution is 9.10. The summed E-state index contributed by atoms with van der Waals surface area (Å²) in [5.41, 5.74) is 6.02. The maximum absolute atomic E-state index is 4.76. The van der Waals surface area contributed by atoms with Crippen LogP contribution in [0.1, 0.15) is 30.7 Å². The van der Waals surface area contributed by atoms with Gasteiger partial charge in [0.1, 0.15) is 0 Å². The predicted molar refractivity (Wildman–Crippen MR) is 82.5 cm³/mol. The molecular formula is C15H19BrN2. The molecule has 1 N–H and O–H groups in total. The summed E-state index contributed by atoms with van der Waals surface area (Å²) in [6.45, 7) is 9.48. The molecule has 0 saturated heterocycles. The normalized spacial score (nSPS) is 10.9. The van der Waals surface area contributed by atoms with Crippen molar-refractivity contribution in [3.05, 3.63) is 33.4 Å². The Bertz CT molecular complexity index is 591. The molecule has 96 valence electrons. The molecule has 0 aliphatic carbocycles. The number of anilines is 1. The molecule has 2 aromatic rings. The minimum Gasteiger partial charge on any atom is -0.384 e. The third kappa shape index (κ3) is 2.12. The molecule has 0 bridgehead atoms. The molecule has 1 aromatic carbocycles. The average Bonchev–Trinajstić information content (AvgIpc) is 2.34. The summed E-state index contributed by atoms with van der Waals surface area (Å²) >= 11 is 3.61. The SMILES string of the molecule is CCNc1c(CC)c(C)nc2c(Br)ccc(C)c12. The quantitative estimate of drug-likeness (QED) is 0.896. The molecule has 2 rings (SSSR count). The molecule has 0 aliphatic rings. The highest BCUT2D eigenvalue weighted by Crippen LogP contribution is 2.34. The molecule has 0 radical (unpaired) electrons. The van der Waals surface area contributed by atoms with Gasteiger partial charge in [-0.05, 0) is 60.3 Å². The van der Waals surface area contributed by atoms with E-state index in [9.17, 15) is 0 Å². The van der Waals surface area contributed by atoms with Gasteiger partial charge < -0.3 is 5.32 Å². The van der Waals surface area contributed by atoms with E-state index in [2.05, 4.69) is 61.1 Å². The van der Waals surface area contributed by atoms with Crippen LogP contribution < -0.4 is 5.32 Å². The van der Waals surface area contributed by atoms with E-state index in [4.69, 9.17) is 4.98 Å². The number of nitrogens with zero attached hydrogens (tertiary/aromatic N) is 1. The van der Waals surface area contributed by atoms with Crippen LogP contribution in [0.25, 0.3) is 10.9 Å². The molecule has 0 unspecified atom stereocenters. The summed E-state index contributed by atoms with van der Waals surface area (Å²) in [6, 6.07) is 4.22. The van der Waals surface area contributed by atoms with E-state index in [-0.39, 0.29) is 0 Å². The van der Waals surface area contributed by atoms with Crippen LogP contribution in [0.2, 0.25) is 0 Å². The van der Waals surface area contributed by atoms with E-state index in [1.54, 1.807) is 0 Å². The van der Waals surface area contributed by atoms with Gasteiger partial charge in [-0.25, -0.2) is 0 Å². The molecule has 1 heterocycles. The fraction of sp³-hybridized carbons (Fsp3) is 0.400. The maximum Gasteiger partial charge on any atom is 0.0870 e. The zero-order valence-electron chi connectivity index (χ0n) is 11.4. The fourth-order valence-electron chi connectivity index (χ4n) is 2.46. The Morgan fingerprint density at radius 1 is 1.22 bits per heavy atom. The van der Waals surface area contributed by atoms with Gasteiger partial charge in [0, 0.05) is 27.8 Å². The minimum absolute atomic E-state index is 0.928. The van der Waals surface area contributed by atoms with Gasteiger partial charge in [-0.15, -0.1) is 0 Å². The molecule has 0 saturated carbocycles. The van der Waals surface area contributed by atoms with Gasteiger partial charge in [-0.1, -0.05) is 13.0 Å². The lowest BCUT2D eigenvalue weighted by Crippen LogP contribution is -2.06. The number of halogens is 1. The molecular weight excluding hydrogens is 288 g/mol. The average molecular weight is 307 g/mol. The smallest absolute Gasteiger partial charge is 0.0870 e. The number of aryl methyl sites for hydroxylation is 2. The third-order valence-electron chi connectivity index (χ3n) is 3.31. The van der Waals surface area contributed by atoms with Crippen molar-refractivity contribution in [1.82, 2.24) is 4.98 Å². The lowest BCUT2D eigenvalue weighted by atomic mass is 10.0. The van der Waals surface area contributed by atoms with E-state index < -0.39 is 0 Å². The van der Waals surface area contributed by atoms with Crippen LogP contribution in [0.3, 0.4) is 0 Å². The van der Waals surface area contributed by atoms with E-state index >= 15 is 0 Å². The Labute approximate surface area is 117 Å². The molecule has 0 atom stereocenters. The van der Waals surface area contributed by atoms with E-state index in [1.807, 2.05) is 0 Å². The number of benzene rings is 1. The summed E-state index contributed by atoms with van der Waals surface area (Å²) in [5.74, 6) is 0. The van der Waals surface area contributed by atoms with Gasteiger partial charge in [-0.3, -0.25) is 4.98 Å². The fourth-order valence-corrected chi connectivity index (χ4v) is 2.88. The Morgan fingerprint density at radius 3 is 2.56 bits per heavy atom. The van der Waals surface area contributed by atoms with Crippen LogP contribution in [0, 0.1) is 13.8 Å². The Morgan fingerprint density at radius 2 is 1.94 bits per heavy atom. The minimum atomic E-state index is 0.928. The highest BCUT2D eigenvalue weighted by Gasteiger charge is 2.14. The van der Waals surface area contributed by atoms with Gasteiger partial charge in [-0.2, -0.15) is 0 Å². The molecule has 3 heteroatoms. The molecule has 0 aliphatic heterocycles. The molecule has 2 nitrogen and oxygen atoms in total. The topological polar surface area (TPSA) is 24.9 Å². The van der Waals surface area contributed by atoms with Gasteiger partial charge in [0.15, 0.2) is 0 Å². The van der Waals surface area contributed by atoms with E-state index in [0.29, 0.717) is 0 Å². The van der Waals surface area contributed by atoms with Crippen LogP contribution >= 0.6 is 15.9 Å². The Kier molecular flexibility index (Phi) is 3.91. The zero-order valence-corrected chi connectivity index (χ0v) is 13.0. The van der Waals surface area contributed by atoms with Gasteiger partial charge in [0.05, 0.1) is 5.52 Å². The Balaban J connectivity index is 2.91. The van der Waals surface area contributed by atoms with Crippen molar-refractivity contribution in [2.75, 3.05) is 11.9 Å². The molecule has 1 aromatic heterocycles. The third-order valence-corrected chi connectivity index (χ3v) is 3.95. The van der Waals surface area contributed by atoms with Crippen molar-refractivity contribution in [2.45, 2.75) is 34.1 Å². The van der Waals surface area contributed by atoms with E-state index in [0.717, 1.165) is 28.6 Å². The summed E-state index contributed by atoms with van der Waals surface area (Å²) in [4.78, 5) is 4.76. The number of pyridine rings is 1. The second kappa shape index (κ2) is 5.27. The summed E-state index contributed by atoms with van der Waals surface area (Å²) < 4.78 is 1.06. The standard InChI is InChI=1S/C15H19BrN2/c1-5-11-10(4)18-15-12(16)8-7-9(3)13(15)14(11)17-6-2/h7-8H,5-6H2,1-4H3,(H,17,18). The van der Waals surface area contributed by atoms with Crippen LogP contribution in [0.4, 0.5) is 5.69 Å². The number of hydrogen-bond donors (Lipinski definition) is 1. The maximum atomic E-state index is 4.76. The van der Waals surface area contributed by atoms with Crippen LogP contribution in [-0.2, 0) is 6.42 Å². The zero-order chi connectivity index (χ0) is 13.3. The highest BCUT2D eigenvalue weighted by atomic mass is 79.9. The van der Waals surface area contributed by atoms with Crippen molar-refractivity contribution in [1.29, 1.82) is 0 Å². The first kappa shape index (κ1) is 13.3. The number of hydrogen-bond acceptors (Lipinski definition) is 2. The predicted octanol–water partition coefficient (Wildman–Crippen LogP) is 4.61. The summed E-state index contributed by atoms with van der Waals surface area (Å²) in [6.07, 6.45) is 1.00. The van der Waals surface area contributed by atoms with E-state index in [1.165, 1.54) is 22.2 Å². The Hall–Kier alpha value is -1.09. The monoisotopic (exact) mass is 306 g/mol. The van der Waals surface area contributed by atoms with Crippen molar-refractivity contribution >= 4 is 32.5 Å². The molecule has 0 fully saturated rings. The van der Waals surface area contributed by atoms with Crippen molar-refractivity contribution in [3.8, 4) is 0 Å². The second-order valence-corrected chi connectivity index (χ2v) is 5.38. The van der Waals surface area contributed by atoms with Gasteiger partial charge in [0.2, 0.25) is 0 Å². The molecule has 0 spiro atoms. The van der Waals surface area contributed by atoms with Crippen LogP contribution in [0.5, 0.6) is 0 Å². The van der Waals surface area contributed by atoms with Crippen LogP contribution in [-0.4, -0.2) is 11.5 Å². The number of nitrogens with one attached hydrogen (secondary N) is 1. The number of fused-ring (bicyclic) bond motifs is 1. The lowest BCUT2D eigenvalue weighted by molar-refractivity contribution is 1.05. The first-order valence-corrected chi connectivity index (χ1v) is 7.21.